The Labute approximate surface area is 153 Å². The minimum atomic E-state index is -0.164. The highest BCUT2D eigenvalue weighted by molar-refractivity contribution is 5.92. The quantitative estimate of drug-likeness (QED) is 0.799. The molecular weight excluding hydrogens is 330 g/mol. The molecule has 1 unspecified atom stereocenters. The van der Waals surface area contributed by atoms with E-state index in [1.165, 1.54) is 16.8 Å². The number of ether oxygens (including phenoxy) is 1. The van der Waals surface area contributed by atoms with E-state index in [4.69, 9.17) is 4.74 Å². The third-order valence-electron chi connectivity index (χ3n) is 4.82. The summed E-state index contributed by atoms with van der Waals surface area (Å²) in [6.07, 6.45) is 3.71. The van der Waals surface area contributed by atoms with Gasteiger partial charge in [-0.2, -0.15) is 5.10 Å². The first-order chi connectivity index (χ1) is 12.6. The van der Waals surface area contributed by atoms with Gasteiger partial charge in [0.15, 0.2) is 0 Å². The molecule has 3 rings (SSSR count). The van der Waals surface area contributed by atoms with Gasteiger partial charge in [-0.3, -0.25) is 9.59 Å². The number of methoxy groups -OCH3 is 1. The first kappa shape index (κ1) is 18.2. The van der Waals surface area contributed by atoms with Crippen LogP contribution in [0.3, 0.4) is 0 Å². The first-order valence-corrected chi connectivity index (χ1v) is 9.17. The number of benzene rings is 1. The van der Waals surface area contributed by atoms with Gasteiger partial charge in [-0.25, -0.2) is 4.68 Å². The molecule has 0 radical (unpaired) electrons. The molecule has 1 fully saturated rings. The number of hydrogen-bond donors (Lipinski definition) is 0. The molecule has 1 aromatic carbocycles. The molecule has 2 aromatic rings. The Hall–Kier alpha value is -2.63. The fourth-order valence-electron chi connectivity index (χ4n) is 3.36. The molecule has 0 aliphatic carbocycles. The van der Waals surface area contributed by atoms with Crippen molar-refractivity contribution in [1.82, 2.24) is 14.7 Å². The van der Waals surface area contributed by atoms with Crippen molar-refractivity contribution in [3.8, 4) is 5.75 Å². The van der Waals surface area contributed by atoms with Crippen LogP contribution >= 0.6 is 0 Å². The lowest BCUT2D eigenvalue weighted by Gasteiger charge is -2.25. The number of carbonyl (C=O) groups excluding carboxylic acids is 1. The Morgan fingerprint density at radius 1 is 1.23 bits per heavy atom. The third kappa shape index (κ3) is 3.79. The van der Waals surface area contributed by atoms with Crippen molar-refractivity contribution in [2.45, 2.75) is 45.2 Å². The number of nitrogens with zero attached hydrogens (tertiary/aromatic N) is 3. The van der Waals surface area contributed by atoms with E-state index in [2.05, 4.69) is 12.0 Å². The van der Waals surface area contributed by atoms with Crippen LogP contribution in [0.2, 0.25) is 0 Å². The van der Waals surface area contributed by atoms with Gasteiger partial charge in [0, 0.05) is 19.2 Å². The van der Waals surface area contributed by atoms with Gasteiger partial charge in [0.1, 0.15) is 11.4 Å². The van der Waals surface area contributed by atoms with E-state index >= 15 is 0 Å². The highest BCUT2D eigenvalue weighted by Gasteiger charge is 2.31. The third-order valence-corrected chi connectivity index (χ3v) is 4.82. The lowest BCUT2D eigenvalue weighted by atomic mass is 10.0. The molecule has 0 saturated carbocycles. The molecule has 138 valence electrons. The second kappa shape index (κ2) is 8.17. The Morgan fingerprint density at radius 2 is 2.00 bits per heavy atom. The maximum Gasteiger partial charge on any atom is 0.274 e. The zero-order valence-corrected chi connectivity index (χ0v) is 15.4. The van der Waals surface area contributed by atoms with Crippen LogP contribution in [-0.2, 0) is 6.54 Å². The van der Waals surface area contributed by atoms with Crippen molar-refractivity contribution in [3.63, 3.8) is 0 Å². The predicted molar refractivity (Wildman–Crippen MR) is 99.4 cm³/mol. The molecule has 26 heavy (non-hydrogen) atoms. The Morgan fingerprint density at radius 3 is 2.69 bits per heavy atom. The van der Waals surface area contributed by atoms with E-state index in [1.807, 2.05) is 29.2 Å². The molecule has 1 saturated heterocycles. The molecule has 1 aliphatic rings. The molecular formula is C20H25N3O3. The predicted octanol–water partition coefficient (Wildman–Crippen LogP) is 3.03. The summed E-state index contributed by atoms with van der Waals surface area (Å²) in [5, 5.41) is 4.30. The number of carbonyl (C=O) groups is 1. The van der Waals surface area contributed by atoms with Gasteiger partial charge in [-0.1, -0.05) is 25.5 Å². The summed E-state index contributed by atoms with van der Waals surface area (Å²) in [7, 11) is 1.64. The smallest absolute Gasteiger partial charge is 0.274 e. The molecule has 2 heterocycles. The first-order valence-electron chi connectivity index (χ1n) is 9.17. The normalized spacial score (nSPS) is 16.7. The van der Waals surface area contributed by atoms with Crippen molar-refractivity contribution < 1.29 is 9.53 Å². The molecule has 6 heteroatoms. The lowest BCUT2D eigenvalue weighted by molar-refractivity contribution is 0.0726. The monoisotopic (exact) mass is 355 g/mol. The van der Waals surface area contributed by atoms with Gasteiger partial charge in [-0.15, -0.1) is 0 Å². The number of aromatic nitrogens is 2. The lowest BCUT2D eigenvalue weighted by Crippen LogP contribution is -2.33. The summed E-state index contributed by atoms with van der Waals surface area (Å²) in [5.74, 6) is 0.683. The Bertz CT molecular complexity index is 814. The largest absolute Gasteiger partial charge is 0.497 e. The number of aryl methyl sites for hydroxylation is 1. The van der Waals surface area contributed by atoms with Crippen molar-refractivity contribution in [1.29, 1.82) is 0 Å². The molecule has 1 aromatic heterocycles. The average molecular weight is 355 g/mol. The van der Waals surface area contributed by atoms with Crippen LogP contribution in [0.15, 0.2) is 41.2 Å². The van der Waals surface area contributed by atoms with E-state index in [0.717, 1.165) is 37.0 Å². The van der Waals surface area contributed by atoms with E-state index in [1.54, 1.807) is 7.11 Å². The van der Waals surface area contributed by atoms with Crippen LogP contribution < -0.4 is 10.3 Å². The van der Waals surface area contributed by atoms with Gasteiger partial charge in [0.2, 0.25) is 0 Å². The zero-order chi connectivity index (χ0) is 18.5. The average Bonchev–Trinajstić information content (AvgIpc) is 3.16. The summed E-state index contributed by atoms with van der Waals surface area (Å²) >= 11 is 0. The van der Waals surface area contributed by atoms with Crippen molar-refractivity contribution in [3.05, 3.63) is 58.0 Å². The maximum absolute atomic E-state index is 13.0. The minimum absolute atomic E-state index is 0.0335. The number of rotatable bonds is 6. The van der Waals surface area contributed by atoms with E-state index < -0.39 is 0 Å². The van der Waals surface area contributed by atoms with Crippen LogP contribution in [0, 0.1) is 0 Å². The number of hydrogen-bond acceptors (Lipinski definition) is 4. The van der Waals surface area contributed by atoms with Gasteiger partial charge in [-0.05, 0) is 43.0 Å². The number of unbranched alkanes of at least 4 members (excludes halogenated alkanes) is 1. The van der Waals surface area contributed by atoms with Gasteiger partial charge in [0.25, 0.3) is 11.5 Å². The molecule has 1 amide bonds. The summed E-state index contributed by atoms with van der Waals surface area (Å²) < 4.78 is 6.61. The highest BCUT2D eigenvalue weighted by atomic mass is 16.5. The van der Waals surface area contributed by atoms with Gasteiger partial charge in [0.05, 0.1) is 13.2 Å². The fraction of sp³-hybridized carbons (Fsp3) is 0.450. The van der Waals surface area contributed by atoms with E-state index in [9.17, 15) is 9.59 Å². The Kier molecular flexibility index (Phi) is 5.71. The van der Waals surface area contributed by atoms with Crippen molar-refractivity contribution in [2.75, 3.05) is 13.7 Å². The second-order valence-electron chi connectivity index (χ2n) is 6.56. The van der Waals surface area contributed by atoms with Crippen LogP contribution in [0.5, 0.6) is 5.75 Å². The SMILES string of the molecule is CCCCn1nc(C(=O)N2CCCC2c2ccc(OC)cc2)ccc1=O. The van der Waals surface area contributed by atoms with E-state index in [0.29, 0.717) is 18.8 Å². The molecule has 6 nitrogen and oxygen atoms in total. The minimum Gasteiger partial charge on any atom is -0.497 e. The molecule has 1 aliphatic heterocycles. The topological polar surface area (TPSA) is 64.4 Å². The molecule has 0 N–H and O–H groups in total. The van der Waals surface area contributed by atoms with Crippen LogP contribution in [0.25, 0.3) is 0 Å². The summed E-state index contributed by atoms with van der Waals surface area (Å²) in [4.78, 5) is 26.8. The standard InChI is InChI=1S/C20H25N3O3/c1-3-4-14-23-19(24)12-11-17(21-23)20(25)22-13-5-6-18(22)15-7-9-16(26-2)10-8-15/h7-12,18H,3-6,13-14H2,1-2H3. The summed E-state index contributed by atoms with van der Waals surface area (Å²) in [5.41, 5.74) is 1.26. The van der Waals surface area contributed by atoms with Crippen molar-refractivity contribution >= 4 is 5.91 Å². The zero-order valence-electron chi connectivity index (χ0n) is 15.4. The summed E-state index contributed by atoms with van der Waals surface area (Å²) in [6.45, 7) is 3.30. The number of likely N-dealkylation sites (tertiary alicyclic amines) is 1. The van der Waals surface area contributed by atoms with Crippen LogP contribution in [-0.4, -0.2) is 34.2 Å². The fourth-order valence-corrected chi connectivity index (χ4v) is 3.36. The van der Waals surface area contributed by atoms with Crippen molar-refractivity contribution in [2.24, 2.45) is 0 Å². The highest BCUT2D eigenvalue weighted by Crippen LogP contribution is 2.33. The van der Waals surface area contributed by atoms with E-state index in [-0.39, 0.29) is 17.5 Å². The van der Waals surface area contributed by atoms with Crippen LogP contribution in [0.1, 0.15) is 54.7 Å². The molecule has 0 bridgehead atoms. The summed E-state index contributed by atoms with van der Waals surface area (Å²) in [6, 6.07) is 10.9. The Balaban J connectivity index is 1.82. The van der Waals surface area contributed by atoms with Gasteiger partial charge >= 0.3 is 0 Å². The molecule has 1 atom stereocenters. The molecule has 0 spiro atoms. The second-order valence-corrected chi connectivity index (χ2v) is 6.56. The maximum atomic E-state index is 13.0. The van der Waals surface area contributed by atoms with Gasteiger partial charge < -0.3 is 9.64 Å². The number of amides is 1. The van der Waals surface area contributed by atoms with Crippen LogP contribution in [0.4, 0.5) is 0 Å².